The van der Waals surface area contributed by atoms with E-state index in [1.54, 1.807) is 32.9 Å². The molecular formula is C25H41N3O5. The van der Waals surface area contributed by atoms with Gasteiger partial charge < -0.3 is 25.4 Å². The third-order valence-corrected chi connectivity index (χ3v) is 4.85. The lowest BCUT2D eigenvalue weighted by molar-refractivity contribution is -0.143. The highest BCUT2D eigenvalue weighted by atomic mass is 16.6. The fourth-order valence-corrected chi connectivity index (χ4v) is 3.41. The molecule has 8 nitrogen and oxygen atoms in total. The molecule has 0 aliphatic rings. The predicted molar refractivity (Wildman–Crippen MR) is 129 cm³/mol. The molecule has 0 aliphatic heterocycles. The fourth-order valence-electron chi connectivity index (χ4n) is 3.41. The molecule has 0 bridgehead atoms. The minimum absolute atomic E-state index is 0.00367. The van der Waals surface area contributed by atoms with Crippen molar-refractivity contribution in [2.45, 2.75) is 92.0 Å². The van der Waals surface area contributed by atoms with Crippen LogP contribution in [-0.2, 0) is 14.3 Å². The number of nitrogens with one attached hydrogen (secondary N) is 2. The van der Waals surface area contributed by atoms with Crippen molar-refractivity contribution >= 4 is 17.9 Å². The van der Waals surface area contributed by atoms with Gasteiger partial charge in [-0.1, -0.05) is 26.0 Å². The number of rotatable bonds is 10. The maximum absolute atomic E-state index is 13.4. The lowest BCUT2D eigenvalue weighted by Gasteiger charge is -2.37. The van der Waals surface area contributed by atoms with Gasteiger partial charge in [0.15, 0.2) is 0 Å². The number of benzene rings is 1. The van der Waals surface area contributed by atoms with Crippen molar-refractivity contribution in [2.75, 3.05) is 6.54 Å². The van der Waals surface area contributed by atoms with Gasteiger partial charge in [-0.15, -0.1) is 0 Å². The first-order valence-corrected chi connectivity index (χ1v) is 11.6. The standard InChI is InChI=1S/C25H41N3O5/c1-16(2)12-13-18(5)28(21(30)15-26-24(32)33-25(6,7)8)22(23(31)27-17(3)4)19-10-9-11-20(29)14-19/h9-11,14,16-18,22,29H,12-13,15H2,1-8H3,(H,26,32)(H,27,31). The summed E-state index contributed by atoms with van der Waals surface area (Å²) in [7, 11) is 0. The van der Waals surface area contributed by atoms with Crippen molar-refractivity contribution in [3.05, 3.63) is 29.8 Å². The quantitative estimate of drug-likeness (QED) is 0.483. The van der Waals surface area contributed by atoms with Gasteiger partial charge in [0.2, 0.25) is 11.8 Å². The SMILES string of the molecule is CC(C)CCC(C)N(C(=O)CNC(=O)OC(C)(C)C)C(C(=O)NC(C)C)c1cccc(O)c1. The number of phenolic OH excluding ortho intramolecular Hbond substituents is 1. The van der Waals surface area contributed by atoms with Crippen molar-refractivity contribution < 1.29 is 24.2 Å². The van der Waals surface area contributed by atoms with Gasteiger partial charge in [0.25, 0.3) is 0 Å². The zero-order valence-electron chi connectivity index (χ0n) is 21.3. The molecule has 186 valence electrons. The molecule has 0 saturated heterocycles. The van der Waals surface area contributed by atoms with Gasteiger partial charge in [-0.05, 0) is 78.0 Å². The van der Waals surface area contributed by atoms with Crippen LogP contribution < -0.4 is 10.6 Å². The van der Waals surface area contributed by atoms with Gasteiger partial charge in [-0.25, -0.2) is 4.79 Å². The van der Waals surface area contributed by atoms with E-state index in [1.165, 1.54) is 17.0 Å². The Bertz CT molecular complexity index is 801. The number of alkyl carbamates (subject to hydrolysis) is 1. The molecule has 8 heteroatoms. The monoisotopic (exact) mass is 463 g/mol. The Labute approximate surface area is 198 Å². The van der Waals surface area contributed by atoms with Crippen LogP contribution in [0.4, 0.5) is 4.79 Å². The summed E-state index contributed by atoms with van der Waals surface area (Å²) in [4.78, 5) is 40.3. The van der Waals surface area contributed by atoms with Crippen LogP contribution in [0, 0.1) is 5.92 Å². The van der Waals surface area contributed by atoms with E-state index in [0.29, 0.717) is 17.9 Å². The molecule has 33 heavy (non-hydrogen) atoms. The number of phenols is 1. The Hall–Kier alpha value is -2.77. The second-order valence-electron chi connectivity index (χ2n) is 10.1. The topological polar surface area (TPSA) is 108 Å². The number of hydrogen-bond donors (Lipinski definition) is 3. The molecule has 1 aromatic carbocycles. The summed E-state index contributed by atoms with van der Waals surface area (Å²) in [6.45, 7) is 14.7. The van der Waals surface area contributed by atoms with Crippen molar-refractivity contribution in [3.8, 4) is 5.75 Å². The van der Waals surface area contributed by atoms with E-state index in [2.05, 4.69) is 24.5 Å². The van der Waals surface area contributed by atoms with Gasteiger partial charge in [-0.3, -0.25) is 9.59 Å². The molecule has 3 amide bonds. The van der Waals surface area contributed by atoms with Crippen molar-refractivity contribution in [2.24, 2.45) is 5.92 Å². The lowest BCUT2D eigenvalue weighted by atomic mass is 9.98. The van der Waals surface area contributed by atoms with Crippen molar-refractivity contribution in [1.82, 2.24) is 15.5 Å². The molecule has 0 heterocycles. The first-order valence-electron chi connectivity index (χ1n) is 11.6. The highest BCUT2D eigenvalue weighted by Gasteiger charge is 2.35. The average molecular weight is 464 g/mol. The average Bonchev–Trinajstić information content (AvgIpc) is 2.66. The number of amides is 3. The molecule has 2 unspecified atom stereocenters. The number of aromatic hydroxyl groups is 1. The van der Waals surface area contributed by atoms with Crippen molar-refractivity contribution in [3.63, 3.8) is 0 Å². The summed E-state index contributed by atoms with van der Waals surface area (Å²) in [6, 6.07) is 4.96. The summed E-state index contributed by atoms with van der Waals surface area (Å²) in [5.41, 5.74) is -0.200. The van der Waals surface area contributed by atoms with Gasteiger partial charge in [0, 0.05) is 12.1 Å². The third kappa shape index (κ3) is 10.1. The molecule has 0 aromatic heterocycles. The van der Waals surface area contributed by atoms with Crippen LogP contribution in [0.25, 0.3) is 0 Å². The van der Waals surface area contributed by atoms with Crippen molar-refractivity contribution in [1.29, 1.82) is 0 Å². The summed E-state index contributed by atoms with van der Waals surface area (Å²) >= 11 is 0. The summed E-state index contributed by atoms with van der Waals surface area (Å²) in [5, 5.41) is 15.4. The van der Waals surface area contributed by atoms with Crippen LogP contribution in [0.15, 0.2) is 24.3 Å². The van der Waals surface area contributed by atoms with Crippen LogP contribution in [0.1, 0.15) is 79.8 Å². The molecule has 3 N–H and O–H groups in total. The summed E-state index contributed by atoms with van der Waals surface area (Å²) < 4.78 is 5.24. The van der Waals surface area contributed by atoms with Crippen LogP contribution in [0.3, 0.4) is 0 Å². The van der Waals surface area contributed by atoms with E-state index in [1.807, 2.05) is 20.8 Å². The lowest BCUT2D eigenvalue weighted by Crippen LogP contribution is -2.52. The smallest absolute Gasteiger partial charge is 0.408 e. The van der Waals surface area contributed by atoms with Crippen LogP contribution in [0.2, 0.25) is 0 Å². The zero-order valence-corrected chi connectivity index (χ0v) is 21.3. The molecule has 0 aliphatic carbocycles. The fraction of sp³-hybridized carbons (Fsp3) is 0.640. The summed E-state index contributed by atoms with van der Waals surface area (Å²) in [6.07, 6.45) is 0.842. The normalized spacial score (nSPS) is 13.4. The van der Waals surface area contributed by atoms with Gasteiger partial charge in [0.05, 0.1) is 0 Å². The molecule has 2 atom stereocenters. The predicted octanol–water partition coefficient (Wildman–Crippen LogP) is 4.14. The Balaban J connectivity index is 3.30. The largest absolute Gasteiger partial charge is 0.508 e. The number of ether oxygens (including phenoxy) is 1. The van der Waals surface area contributed by atoms with E-state index >= 15 is 0 Å². The van der Waals surface area contributed by atoms with Crippen LogP contribution in [0.5, 0.6) is 5.75 Å². The van der Waals surface area contributed by atoms with E-state index in [0.717, 1.165) is 6.42 Å². The second kappa shape index (κ2) is 12.5. The molecule has 0 fully saturated rings. The van der Waals surface area contributed by atoms with Gasteiger partial charge >= 0.3 is 6.09 Å². The van der Waals surface area contributed by atoms with E-state index in [9.17, 15) is 19.5 Å². The van der Waals surface area contributed by atoms with E-state index < -0.39 is 23.6 Å². The Kier molecular flexibility index (Phi) is 10.7. The number of nitrogens with zero attached hydrogens (tertiary/aromatic N) is 1. The molecule has 0 saturated carbocycles. The first-order chi connectivity index (χ1) is 15.2. The molecule has 0 spiro atoms. The zero-order chi connectivity index (χ0) is 25.3. The highest BCUT2D eigenvalue weighted by Crippen LogP contribution is 2.28. The maximum Gasteiger partial charge on any atom is 0.408 e. The van der Waals surface area contributed by atoms with E-state index in [4.69, 9.17) is 4.74 Å². The minimum atomic E-state index is -0.963. The first kappa shape index (κ1) is 28.3. The number of carbonyl (C=O) groups excluding carboxylic acids is 3. The third-order valence-electron chi connectivity index (χ3n) is 4.85. The molecule has 0 radical (unpaired) electrons. The maximum atomic E-state index is 13.4. The van der Waals surface area contributed by atoms with Gasteiger partial charge in [0.1, 0.15) is 23.9 Å². The Morgan fingerprint density at radius 1 is 1.06 bits per heavy atom. The number of hydrogen-bond acceptors (Lipinski definition) is 5. The van der Waals surface area contributed by atoms with Crippen LogP contribution >= 0.6 is 0 Å². The number of carbonyl (C=O) groups is 3. The Morgan fingerprint density at radius 2 is 1.70 bits per heavy atom. The minimum Gasteiger partial charge on any atom is -0.508 e. The highest BCUT2D eigenvalue weighted by molar-refractivity contribution is 5.90. The van der Waals surface area contributed by atoms with E-state index in [-0.39, 0.29) is 30.3 Å². The molecule has 1 rings (SSSR count). The van der Waals surface area contributed by atoms with Gasteiger partial charge in [-0.2, -0.15) is 0 Å². The summed E-state index contributed by atoms with van der Waals surface area (Å²) in [5.74, 6) is -0.334. The molecular weight excluding hydrogens is 422 g/mol. The second-order valence-corrected chi connectivity index (χ2v) is 10.1. The Morgan fingerprint density at radius 3 is 2.21 bits per heavy atom. The molecule has 1 aromatic rings. The van der Waals surface area contributed by atoms with Crippen LogP contribution in [-0.4, -0.2) is 52.1 Å².